The predicted molar refractivity (Wildman–Crippen MR) is 120 cm³/mol. The molecule has 0 radical (unpaired) electrons. The van der Waals surface area contributed by atoms with Crippen molar-refractivity contribution in [2.45, 2.75) is 18.7 Å². The maximum absolute atomic E-state index is 13.1. The van der Waals surface area contributed by atoms with Gasteiger partial charge in [-0.15, -0.1) is 0 Å². The molecule has 0 atom stereocenters. The number of rotatable bonds is 5. The van der Waals surface area contributed by atoms with Crippen LogP contribution in [0.1, 0.15) is 21.6 Å². The highest BCUT2D eigenvalue weighted by atomic mass is 32.2. The van der Waals surface area contributed by atoms with Crippen LogP contribution in [0.5, 0.6) is 0 Å². The van der Waals surface area contributed by atoms with Crippen LogP contribution in [-0.2, 0) is 19.6 Å². The molecule has 1 N–H and O–H groups in total. The molecule has 0 spiro atoms. The summed E-state index contributed by atoms with van der Waals surface area (Å²) in [7, 11) is -3.77. The van der Waals surface area contributed by atoms with Crippen molar-refractivity contribution in [3.63, 3.8) is 0 Å². The lowest BCUT2D eigenvalue weighted by atomic mass is 10.1. The van der Waals surface area contributed by atoms with Gasteiger partial charge in [0.15, 0.2) is 6.61 Å². The third-order valence-corrected chi connectivity index (χ3v) is 7.59. The molecule has 33 heavy (non-hydrogen) atoms. The molecule has 2 heterocycles. The monoisotopic (exact) mass is 473 g/mol. The van der Waals surface area contributed by atoms with Gasteiger partial charge in [-0.25, -0.2) is 17.6 Å². The maximum Gasteiger partial charge on any atom is 0.355 e. The fourth-order valence-corrected chi connectivity index (χ4v) is 5.36. The molecule has 0 aliphatic carbocycles. The van der Waals surface area contributed by atoms with Crippen LogP contribution in [0.4, 0.5) is 4.39 Å². The highest BCUT2D eigenvalue weighted by Gasteiger charge is 2.30. The number of benzene rings is 2. The zero-order valence-corrected chi connectivity index (χ0v) is 19.1. The van der Waals surface area contributed by atoms with Crippen LogP contribution in [-0.4, -0.2) is 67.3 Å². The second-order valence-corrected chi connectivity index (χ2v) is 9.98. The molecule has 0 unspecified atom stereocenters. The number of nitrogens with zero attached hydrogens (tertiary/aromatic N) is 2. The Morgan fingerprint density at radius 3 is 2.36 bits per heavy atom. The van der Waals surface area contributed by atoms with Gasteiger partial charge in [0.05, 0.1) is 4.90 Å². The molecule has 1 amide bonds. The number of halogens is 1. The van der Waals surface area contributed by atoms with E-state index in [1.165, 1.54) is 21.3 Å². The SMILES string of the molecule is Cc1cc(C)c2cc(C(=O)OCC(=O)N3CCN(S(=O)(=O)c4ccc(F)cc4)CC3)[nH]c2c1. The van der Waals surface area contributed by atoms with Crippen molar-refractivity contribution in [3.05, 3.63) is 65.1 Å². The molecule has 10 heteroatoms. The van der Waals surface area contributed by atoms with Gasteiger partial charge >= 0.3 is 5.97 Å². The van der Waals surface area contributed by atoms with E-state index < -0.39 is 34.3 Å². The number of sulfonamides is 1. The molecule has 1 fully saturated rings. The van der Waals surface area contributed by atoms with Gasteiger partial charge < -0.3 is 14.6 Å². The third kappa shape index (κ3) is 4.76. The number of hydrogen-bond acceptors (Lipinski definition) is 5. The van der Waals surface area contributed by atoms with Crippen LogP contribution in [0.2, 0.25) is 0 Å². The summed E-state index contributed by atoms with van der Waals surface area (Å²) in [4.78, 5) is 29.4. The summed E-state index contributed by atoms with van der Waals surface area (Å²) in [5.41, 5.74) is 3.19. The normalized spacial score (nSPS) is 15.1. The lowest BCUT2D eigenvalue weighted by Crippen LogP contribution is -2.51. The number of H-pyrrole nitrogens is 1. The Balaban J connectivity index is 1.32. The van der Waals surface area contributed by atoms with Crippen molar-refractivity contribution in [3.8, 4) is 0 Å². The number of ether oxygens (including phenoxy) is 1. The minimum atomic E-state index is -3.77. The third-order valence-electron chi connectivity index (χ3n) is 5.68. The van der Waals surface area contributed by atoms with E-state index in [4.69, 9.17) is 4.74 Å². The van der Waals surface area contributed by atoms with Gasteiger partial charge in [0.1, 0.15) is 11.5 Å². The van der Waals surface area contributed by atoms with E-state index in [2.05, 4.69) is 4.98 Å². The molecule has 1 aliphatic rings. The minimum Gasteiger partial charge on any atom is -0.451 e. The first-order valence-corrected chi connectivity index (χ1v) is 11.9. The van der Waals surface area contributed by atoms with Gasteiger partial charge in [0, 0.05) is 37.1 Å². The van der Waals surface area contributed by atoms with Crippen LogP contribution in [0.25, 0.3) is 10.9 Å². The van der Waals surface area contributed by atoms with Gasteiger partial charge in [-0.1, -0.05) is 6.07 Å². The van der Waals surface area contributed by atoms with E-state index >= 15 is 0 Å². The van der Waals surface area contributed by atoms with Crippen LogP contribution in [0, 0.1) is 19.7 Å². The molecule has 1 aliphatic heterocycles. The topological polar surface area (TPSA) is 99.8 Å². The number of esters is 1. The average Bonchev–Trinajstić information content (AvgIpc) is 3.22. The van der Waals surface area contributed by atoms with Gasteiger partial charge in [-0.05, 0) is 61.4 Å². The number of aromatic amines is 1. The molecule has 0 saturated carbocycles. The molecule has 1 saturated heterocycles. The summed E-state index contributed by atoms with van der Waals surface area (Å²) in [6, 6.07) is 10.3. The molecule has 4 rings (SSSR count). The van der Waals surface area contributed by atoms with Crippen LogP contribution >= 0.6 is 0 Å². The van der Waals surface area contributed by atoms with Crippen molar-refractivity contribution >= 4 is 32.8 Å². The highest BCUT2D eigenvalue weighted by molar-refractivity contribution is 7.89. The number of nitrogens with one attached hydrogen (secondary N) is 1. The van der Waals surface area contributed by atoms with Crippen molar-refractivity contribution in [1.29, 1.82) is 0 Å². The standard InChI is InChI=1S/C23H24FN3O5S/c1-15-11-16(2)19-13-21(25-20(19)12-15)23(29)32-14-22(28)26-7-9-27(10-8-26)33(30,31)18-5-3-17(24)4-6-18/h3-6,11-13,25H,7-10,14H2,1-2H3. The van der Waals surface area contributed by atoms with E-state index in [1.807, 2.05) is 26.0 Å². The number of aromatic nitrogens is 1. The van der Waals surface area contributed by atoms with Crippen LogP contribution < -0.4 is 0 Å². The fraction of sp³-hybridized carbons (Fsp3) is 0.304. The first kappa shape index (κ1) is 22.9. The van der Waals surface area contributed by atoms with Crippen molar-refractivity contribution in [2.75, 3.05) is 32.8 Å². The largest absolute Gasteiger partial charge is 0.451 e. The lowest BCUT2D eigenvalue weighted by Gasteiger charge is -2.33. The molecule has 8 nitrogen and oxygen atoms in total. The number of carbonyl (C=O) groups is 2. The van der Waals surface area contributed by atoms with E-state index in [-0.39, 0.29) is 36.8 Å². The summed E-state index contributed by atoms with van der Waals surface area (Å²) < 4.78 is 44.9. The van der Waals surface area contributed by atoms with Crippen molar-refractivity contribution in [1.82, 2.24) is 14.2 Å². The number of piperazine rings is 1. The van der Waals surface area contributed by atoms with Crippen molar-refractivity contribution < 1.29 is 27.1 Å². The van der Waals surface area contributed by atoms with Gasteiger partial charge in [0.2, 0.25) is 10.0 Å². The Bertz CT molecular complexity index is 1310. The number of hydrogen-bond donors (Lipinski definition) is 1. The molecule has 2 aromatic carbocycles. The van der Waals surface area contributed by atoms with Gasteiger partial charge in [0.25, 0.3) is 5.91 Å². The molecule has 1 aromatic heterocycles. The van der Waals surface area contributed by atoms with E-state index in [1.54, 1.807) is 6.07 Å². The summed E-state index contributed by atoms with van der Waals surface area (Å²) in [5.74, 6) is -1.55. The smallest absolute Gasteiger partial charge is 0.355 e. The zero-order chi connectivity index (χ0) is 23.8. The zero-order valence-electron chi connectivity index (χ0n) is 18.3. The molecule has 174 valence electrons. The Morgan fingerprint density at radius 2 is 1.70 bits per heavy atom. The molecular weight excluding hydrogens is 449 g/mol. The number of carbonyl (C=O) groups excluding carboxylic acids is 2. The molecular formula is C23H24FN3O5S. The summed E-state index contributed by atoms with van der Waals surface area (Å²) in [6.07, 6.45) is 0. The number of amides is 1. The molecule has 3 aromatic rings. The van der Waals surface area contributed by atoms with Gasteiger partial charge in [-0.3, -0.25) is 4.79 Å². The van der Waals surface area contributed by atoms with Gasteiger partial charge in [-0.2, -0.15) is 4.31 Å². The Morgan fingerprint density at radius 1 is 1.03 bits per heavy atom. The lowest BCUT2D eigenvalue weighted by molar-refractivity contribution is -0.135. The Kier molecular flexibility index (Phi) is 6.22. The Hall–Kier alpha value is -3.24. The average molecular weight is 474 g/mol. The Labute approximate surface area is 191 Å². The summed E-state index contributed by atoms with van der Waals surface area (Å²) in [5, 5.41) is 0.914. The first-order chi connectivity index (χ1) is 15.6. The fourth-order valence-electron chi connectivity index (χ4n) is 3.94. The second-order valence-electron chi connectivity index (χ2n) is 8.04. The van der Waals surface area contributed by atoms with Crippen molar-refractivity contribution in [2.24, 2.45) is 0 Å². The summed E-state index contributed by atoms with van der Waals surface area (Å²) >= 11 is 0. The molecule has 0 bridgehead atoms. The van der Waals surface area contributed by atoms with E-state index in [9.17, 15) is 22.4 Å². The van der Waals surface area contributed by atoms with E-state index in [0.717, 1.165) is 34.2 Å². The predicted octanol–water partition coefficient (Wildman–Crippen LogP) is 2.61. The summed E-state index contributed by atoms with van der Waals surface area (Å²) in [6.45, 7) is 4.02. The van der Waals surface area contributed by atoms with E-state index in [0.29, 0.717) is 0 Å². The maximum atomic E-state index is 13.1. The first-order valence-electron chi connectivity index (χ1n) is 10.5. The number of fused-ring (bicyclic) bond motifs is 1. The quantitative estimate of drug-likeness (QED) is 0.575. The second kappa shape index (κ2) is 8.95. The number of aryl methyl sites for hydroxylation is 2. The highest BCUT2D eigenvalue weighted by Crippen LogP contribution is 2.22. The van der Waals surface area contributed by atoms with Crippen LogP contribution in [0.3, 0.4) is 0 Å². The minimum absolute atomic E-state index is 0.00127. The van der Waals surface area contributed by atoms with Crippen LogP contribution in [0.15, 0.2) is 47.4 Å².